The Balaban J connectivity index is 1.50. The Hall–Kier alpha value is -3.72. The summed E-state index contributed by atoms with van der Waals surface area (Å²) in [6.07, 6.45) is 0. The fourth-order valence-electron chi connectivity index (χ4n) is 4.35. The van der Waals surface area contributed by atoms with E-state index in [0.717, 1.165) is 37.2 Å². The molecule has 5 aromatic carbocycles. The highest BCUT2D eigenvalue weighted by Gasteiger charge is 2.20. The molecule has 34 heavy (non-hydrogen) atoms. The maximum atomic E-state index is 13.8. The number of benzene rings is 5. The molecule has 0 N–H and O–H groups in total. The maximum absolute atomic E-state index is 13.8. The molecule has 0 unspecified atom stereocenters. The number of carbonyl (C=O) groups excluding carboxylic acids is 1. The molecule has 0 aliphatic heterocycles. The van der Waals surface area contributed by atoms with Crippen molar-refractivity contribution in [2.45, 2.75) is 0 Å². The number of fused-ring (bicyclic) bond motifs is 2. The number of hydrogen-bond donors (Lipinski definition) is 0. The molecule has 0 aliphatic carbocycles. The Bertz CT molecular complexity index is 1680. The number of halogens is 1. The van der Waals surface area contributed by atoms with Crippen LogP contribution in [0.2, 0.25) is 5.02 Å². The van der Waals surface area contributed by atoms with Gasteiger partial charge in [0.1, 0.15) is 0 Å². The molecule has 0 spiro atoms. The van der Waals surface area contributed by atoms with Crippen molar-refractivity contribution in [2.75, 3.05) is 0 Å². The van der Waals surface area contributed by atoms with Crippen molar-refractivity contribution < 1.29 is 4.79 Å². The van der Waals surface area contributed by atoms with Gasteiger partial charge in [-0.3, -0.25) is 4.79 Å². The average molecular weight is 475 g/mol. The van der Waals surface area contributed by atoms with Gasteiger partial charge in [-0.1, -0.05) is 96.5 Å². The van der Waals surface area contributed by atoms with Gasteiger partial charge < -0.3 is 0 Å². The van der Waals surface area contributed by atoms with Gasteiger partial charge in [0.25, 0.3) is 0 Å². The summed E-state index contributed by atoms with van der Waals surface area (Å²) in [5.74, 6) is 0.0349. The van der Waals surface area contributed by atoms with Gasteiger partial charge >= 0.3 is 0 Å². The van der Waals surface area contributed by atoms with Gasteiger partial charge in [-0.15, -0.1) is 11.3 Å². The lowest BCUT2D eigenvalue weighted by Crippen LogP contribution is -2.00. The van der Waals surface area contributed by atoms with Crippen molar-refractivity contribution in [1.82, 2.24) is 0 Å². The molecule has 0 atom stereocenters. The summed E-state index contributed by atoms with van der Waals surface area (Å²) in [6.45, 7) is 0. The second-order valence-electron chi connectivity index (χ2n) is 8.31. The zero-order valence-corrected chi connectivity index (χ0v) is 19.7. The van der Waals surface area contributed by atoms with Crippen LogP contribution in [0.4, 0.5) is 0 Å². The number of rotatable bonds is 4. The molecule has 6 aromatic rings. The van der Waals surface area contributed by atoms with Crippen molar-refractivity contribution in [3.63, 3.8) is 0 Å². The minimum absolute atomic E-state index is 0.0349. The molecule has 0 fully saturated rings. The molecule has 3 heteroatoms. The Morgan fingerprint density at radius 2 is 1.18 bits per heavy atom. The number of hydrogen-bond acceptors (Lipinski definition) is 2. The smallest absolute Gasteiger partial charge is 0.203 e. The molecule has 0 radical (unpaired) electrons. The van der Waals surface area contributed by atoms with Gasteiger partial charge in [0, 0.05) is 21.0 Å². The van der Waals surface area contributed by atoms with E-state index in [2.05, 4.69) is 42.5 Å². The van der Waals surface area contributed by atoms with E-state index in [-0.39, 0.29) is 5.78 Å². The van der Waals surface area contributed by atoms with E-state index < -0.39 is 0 Å². The monoisotopic (exact) mass is 474 g/mol. The third-order valence-corrected chi connectivity index (χ3v) is 7.57. The quantitative estimate of drug-likeness (QED) is 0.232. The van der Waals surface area contributed by atoms with Crippen LogP contribution in [-0.2, 0) is 0 Å². The van der Waals surface area contributed by atoms with Gasteiger partial charge in [0.05, 0.1) is 4.88 Å². The molecule has 0 aliphatic rings. The minimum Gasteiger partial charge on any atom is -0.288 e. The Morgan fingerprint density at radius 3 is 1.88 bits per heavy atom. The first-order valence-electron chi connectivity index (χ1n) is 11.1. The minimum atomic E-state index is 0.0349. The van der Waals surface area contributed by atoms with E-state index >= 15 is 0 Å². The zero-order chi connectivity index (χ0) is 23.1. The largest absolute Gasteiger partial charge is 0.288 e. The standard InChI is InChI=1S/C31H19ClOS/c32-27-15-13-22(14-16-27)28-19-29(25-11-9-20-5-1-3-7-23(20)17-25)34-31(28)30(33)26-12-10-21-6-2-4-8-24(21)18-26/h1-19H. The molecule has 0 bridgehead atoms. The Labute approximate surface area is 206 Å². The molecule has 1 heterocycles. The van der Waals surface area contributed by atoms with Crippen LogP contribution in [0.15, 0.2) is 115 Å². The summed E-state index contributed by atoms with van der Waals surface area (Å²) in [4.78, 5) is 15.6. The van der Waals surface area contributed by atoms with Crippen molar-refractivity contribution in [2.24, 2.45) is 0 Å². The van der Waals surface area contributed by atoms with E-state index in [1.807, 2.05) is 72.8 Å². The van der Waals surface area contributed by atoms with Crippen LogP contribution in [0.1, 0.15) is 15.2 Å². The first-order chi connectivity index (χ1) is 16.7. The molecule has 1 aromatic heterocycles. The van der Waals surface area contributed by atoms with E-state index in [1.54, 1.807) is 11.3 Å². The summed E-state index contributed by atoms with van der Waals surface area (Å²) in [7, 11) is 0. The third-order valence-electron chi connectivity index (χ3n) is 6.14. The summed E-state index contributed by atoms with van der Waals surface area (Å²) in [5, 5.41) is 5.25. The molecule has 0 saturated heterocycles. The van der Waals surface area contributed by atoms with Crippen LogP contribution in [0.5, 0.6) is 0 Å². The predicted molar refractivity (Wildman–Crippen MR) is 145 cm³/mol. The van der Waals surface area contributed by atoms with E-state index in [1.165, 1.54) is 10.8 Å². The van der Waals surface area contributed by atoms with Crippen LogP contribution in [0.25, 0.3) is 43.1 Å². The van der Waals surface area contributed by atoms with Gasteiger partial charge in [0.2, 0.25) is 5.78 Å². The van der Waals surface area contributed by atoms with Gasteiger partial charge in [-0.05, 0) is 63.0 Å². The zero-order valence-electron chi connectivity index (χ0n) is 18.2. The predicted octanol–water partition coefficient (Wildman–Crippen LogP) is 9.27. The number of thiophene rings is 1. The molecular formula is C31H19ClOS. The number of ketones is 1. The topological polar surface area (TPSA) is 17.1 Å². The molecule has 6 rings (SSSR count). The van der Waals surface area contributed by atoms with Crippen molar-refractivity contribution >= 4 is 50.3 Å². The lowest BCUT2D eigenvalue weighted by molar-refractivity contribution is 0.104. The summed E-state index contributed by atoms with van der Waals surface area (Å²) in [6, 6.07) is 38.6. The van der Waals surface area contributed by atoms with Crippen molar-refractivity contribution in [1.29, 1.82) is 0 Å². The third kappa shape index (κ3) is 3.81. The molecule has 162 valence electrons. The first-order valence-corrected chi connectivity index (χ1v) is 12.3. The SMILES string of the molecule is O=C(c1ccc2ccccc2c1)c1sc(-c2ccc3ccccc3c2)cc1-c1ccc(Cl)cc1. The van der Waals surface area contributed by atoms with Crippen molar-refractivity contribution in [3.05, 3.63) is 131 Å². The van der Waals surface area contributed by atoms with Crippen LogP contribution in [0.3, 0.4) is 0 Å². The van der Waals surface area contributed by atoms with E-state index in [0.29, 0.717) is 10.6 Å². The van der Waals surface area contributed by atoms with E-state index in [4.69, 9.17) is 11.6 Å². The summed E-state index contributed by atoms with van der Waals surface area (Å²) < 4.78 is 0. The van der Waals surface area contributed by atoms with Crippen LogP contribution in [0, 0.1) is 0 Å². The highest BCUT2D eigenvalue weighted by molar-refractivity contribution is 7.18. The van der Waals surface area contributed by atoms with Gasteiger partial charge in [-0.2, -0.15) is 0 Å². The van der Waals surface area contributed by atoms with Crippen molar-refractivity contribution in [3.8, 4) is 21.6 Å². The molecule has 0 saturated carbocycles. The lowest BCUT2D eigenvalue weighted by Gasteiger charge is -2.05. The van der Waals surface area contributed by atoms with Gasteiger partial charge in [0.15, 0.2) is 0 Å². The lowest BCUT2D eigenvalue weighted by atomic mass is 9.98. The van der Waals surface area contributed by atoms with Crippen LogP contribution < -0.4 is 0 Å². The summed E-state index contributed by atoms with van der Waals surface area (Å²) in [5.41, 5.74) is 3.72. The maximum Gasteiger partial charge on any atom is 0.203 e. The number of carbonyl (C=O) groups is 1. The molecular weight excluding hydrogens is 456 g/mol. The van der Waals surface area contributed by atoms with Crippen LogP contribution >= 0.6 is 22.9 Å². The van der Waals surface area contributed by atoms with Gasteiger partial charge in [-0.25, -0.2) is 0 Å². The highest BCUT2D eigenvalue weighted by atomic mass is 35.5. The second-order valence-corrected chi connectivity index (χ2v) is 9.80. The highest BCUT2D eigenvalue weighted by Crippen LogP contribution is 2.40. The van der Waals surface area contributed by atoms with Crippen LogP contribution in [-0.4, -0.2) is 5.78 Å². The Kier molecular flexibility index (Phi) is 5.26. The molecule has 1 nitrogen and oxygen atoms in total. The summed E-state index contributed by atoms with van der Waals surface area (Å²) >= 11 is 7.69. The average Bonchev–Trinajstić information content (AvgIpc) is 3.33. The normalized spacial score (nSPS) is 11.2. The van der Waals surface area contributed by atoms with E-state index in [9.17, 15) is 4.79 Å². The second kappa shape index (κ2) is 8.57. The Morgan fingerprint density at radius 1 is 0.588 bits per heavy atom. The first kappa shape index (κ1) is 20.9. The molecule has 0 amide bonds. The fourth-order valence-corrected chi connectivity index (χ4v) is 5.61. The fraction of sp³-hybridized carbons (Fsp3) is 0.